The van der Waals surface area contributed by atoms with Crippen LogP contribution < -0.4 is 10.1 Å². The highest BCUT2D eigenvalue weighted by Gasteiger charge is 2.28. The third kappa shape index (κ3) is 4.77. The second-order valence-electron chi connectivity index (χ2n) is 6.09. The van der Waals surface area contributed by atoms with E-state index in [0.717, 1.165) is 0 Å². The number of nitrogens with zero attached hydrogens (tertiary/aromatic N) is 1. The van der Waals surface area contributed by atoms with E-state index in [9.17, 15) is 18.4 Å². The van der Waals surface area contributed by atoms with Crippen molar-refractivity contribution in [3.8, 4) is 5.75 Å². The number of halogens is 3. The standard InChI is InChI=1S/C18H17ClF2N2O4/c19-14-9-13(1-2-15(14)27-18(20)21)22-16(24)11-3-6-23(7-4-11)17(25)12-5-8-26-10-12/h1-2,5,8-11,18H,3-4,6-7H2,(H,22,24). The highest BCUT2D eigenvalue weighted by molar-refractivity contribution is 6.32. The molecule has 1 aliphatic rings. The predicted octanol–water partition coefficient (Wildman–Crippen LogP) is 4.03. The van der Waals surface area contributed by atoms with Gasteiger partial charge in [0.25, 0.3) is 5.91 Å². The Morgan fingerprint density at radius 2 is 2.00 bits per heavy atom. The van der Waals surface area contributed by atoms with E-state index in [1.54, 1.807) is 11.0 Å². The Morgan fingerprint density at radius 3 is 2.59 bits per heavy atom. The lowest BCUT2D eigenvalue weighted by molar-refractivity contribution is -0.121. The first kappa shape index (κ1) is 19.2. The molecule has 2 heterocycles. The fourth-order valence-corrected chi connectivity index (χ4v) is 3.15. The number of hydrogen-bond acceptors (Lipinski definition) is 4. The second kappa shape index (κ2) is 8.39. The van der Waals surface area contributed by atoms with E-state index < -0.39 is 6.61 Å². The van der Waals surface area contributed by atoms with Crippen molar-refractivity contribution in [3.05, 3.63) is 47.4 Å². The van der Waals surface area contributed by atoms with Crippen LogP contribution in [0.15, 0.2) is 41.2 Å². The average Bonchev–Trinajstić information content (AvgIpc) is 3.18. The summed E-state index contributed by atoms with van der Waals surface area (Å²) in [5.41, 5.74) is 0.877. The molecule has 1 aromatic carbocycles. The van der Waals surface area contributed by atoms with Gasteiger partial charge in [0.15, 0.2) is 0 Å². The number of carbonyl (C=O) groups is 2. The zero-order chi connectivity index (χ0) is 19.4. The Bertz CT molecular complexity index is 806. The predicted molar refractivity (Wildman–Crippen MR) is 94.0 cm³/mol. The molecule has 0 radical (unpaired) electrons. The Kier molecular flexibility index (Phi) is 5.95. The van der Waals surface area contributed by atoms with E-state index in [-0.39, 0.29) is 28.5 Å². The molecule has 0 saturated carbocycles. The van der Waals surface area contributed by atoms with E-state index >= 15 is 0 Å². The molecule has 2 aromatic rings. The van der Waals surface area contributed by atoms with Gasteiger partial charge in [-0.3, -0.25) is 9.59 Å². The van der Waals surface area contributed by atoms with Gasteiger partial charge in [-0.1, -0.05) is 11.6 Å². The van der Waals surface area contributed by atoms with Crippen LogP contribution in [0.2, 0.25) is 5.02 Å². The number of carbonyl (C=O) groups excluding carboxylic acids is 2. The minimum Gasteiger partial charge on any atom is -0.472 e. The van der Waals surface area contributed by atoms with Crippen molar-refractivity contribution in [2.24, 2.45) is 5.92 Å². The number of alkyl halides is 2. The Morgan fingerprint density at radius 1 is 1.26 bits per heavy atom. The minimum absolute atomic E-state index is 0.0198. The van der Waals surface area contributed by atoms with Crippen LogP contribution in [0, 0.1) is 5.92 Å². The van der Waals surface area contributed by atoms with E-state index in [4.69, 9.17) is 16.0 Å². The van der Waals surface area contributed by atoms with Gasteiger partial charge >= 0.3 is 6.61 Å². The Balaban J connectivity index is 1.54. The van der Waals surface area contributed by atoms with Gasteiger partial charge in [0, 0.05) is 24.7 Å². The monoisotopic (exact) mass is 398 g/mol. The molecule has 6 nitrogen and oxygen atoms in total. The number of piperidine rings is 1. The molecule has 3 rings (SSSR count). The van der Waals surface area contributed by atoms with Crippen LogP contribution in [0.25, 0.3) is 0 Å². The van der Waals surface area contributed by atoms with Gasteiger partial charge in [0.05, 0.1) is 16.8 Å². The number of ether oxygens (including phenoxy) is 1. The smallest absolute Gasteiger partial charge is 0.387 e. The lowest BCUT2D eigenvalue weighted by Crippen LogP contribution is -2.41. The summed E-state index contributed by atoms with van der Waals surface area (Å²) in [5, 5.41) is 2.70. The third-order valence-corrected chi connectivity index (χ3v) is 4.63. The highest BCUT2D eigenvalue weighted by atomic mass is 35.5. The van der Waals surface area contributed by atoms with Crippen LogP contribution in [0.5, 0.6) is 5.75 Å². The molecule has 2 amide bonds. The van der Waals surface area contributed by atoms with E-state index in [0.29, 0.717) is 37.2 Å². The number of hydrogen-bond donors (Lipinski definition) is 1. The van der Waals surface area contributed by atoms with Crippen LogP contribution in [0.1, 0.15) is 23.2 Å². The van der Waals surface area contributed by atoms with Gasteiger partial charge in [-0.05, 0) is 37.1 Å². The summed E-state index contributed by atoms with van der Waals surface area (Å²) in [6, 6.07) is 5.68. The first-order valence-electron chi connectivity index (χ1n) is 8.30. The molecule has 1 aliphatic heterocycles. The Hall–Kier alpha value is -2.61. The first-order chi connectivity index (χ1) is 12.9. The molecule has 0 unspecified atom stereocenters. The number of nitrogens with one attached hydrogen (secondary N) is 1. The molecule has 0 atom stereocenters. The normalized spacial score (nSPS) is 15.0. The van der Waals surface area contributed by atoms with Crippen LogP contribution >= 0.6 is 11.6 Å². The number of anilines is 1. The fourth-order valence-electron chi connectivity index (χ4n) is 2.93. The van der Waals surface area contributed by atoms with E-state index in [1.807, 2.05) is 0 Å². The van der Waals surface area contributed by atoms with Gasteiger partial charge in [-0.2, -0.15) is 8.78 Å². The third-order valence-electron chi connectivity index (χ3n) is 4.34. The summed E-state index contributed by atoms with van der Waals surface area (Å²) in [5.74, 6) is -0.738. The van der Waals surface area contributed by atoms with Crippen molar-refractivity contribution in [2.45, 2.75) is 19.5 Å². The number of amides is 2. The molecule has 0 bridgehead atoms. The molecule has 0 aliphatic carbocycles. The van der Waals surface area contributed by atoms with Crippen LogP contribution in [0.3, 0.4) is 0 Å². The van der Waals surface area contributed by atoms with Gasteiger partial charge in [0.1, 0.15) is 12.0 Å². The molecule has 27 heavy (non-hydrogen) atoms. The summed E-state index contributed by atoms with van der Waals surface area (Å²) in [7, 11) is 0. The van der Waals surface area contributed by atoms with Crippen molar-refractivity contribution in [1.29, 1.82) is 0 Å². The van der Waals surface area contributed by atoms with Gasteiger partial charge < -0.3 is 19.4 Å². The summed E-state index contributed by atoms with van der Waals surface area (Å²) in [4.78, 5) is 26.4. The Labute approximate surface area is 159 Å². The number of furan rings is 1. The lowest BCUT2D eigenvalue weighted by Gasteiger charge is -2.31. The molecule has 1 saturated heterocycles. The van der Waals surface area contributed by atoms with Crippen LogP contribution in [-0.4, -0.2) is 36.4 Å². The highest BCUT2D eigenvalue weighted by Crippen LogP contribution is 2.29. The van der Waals surface area contributed by atoms with Crippen molar-refractivity contribution >= 4 is 29.1 Å². The van der Waals surface area contributed by atoms with Gasteiger partial charge in [-0.25, -0.2) is 0 Å². The van der Waals surface area contributed by atoms with Crippen molar-refractivity contribution in [2.75, 3.05) is 18.4 Å². The SMILES string of the molecule is O=C(Nc1ccc(OC(F)F)c(Cl)c1)C1CCN(C(=O)c2ccoc2)CC1. The maximum absolute atomic E-state index is 12.4. The molecular weight excluding hydrogens is 382 g/mol. The molecule has 1 fully saturated rings. The molecule has 1 aromatic heterocycles. The van der Waals surface area contributed by atoms with Crippen LogP contribution in [-0.2, 0) is 4.79 Å². The van der Waals surface area contributed by atoms with Crippen LogP contribution in [0.4, 0.5) is 14.5 Å². The summed E-state index contributed by atoms with van der Waals surface area (Å²) >= 11 is 5.88. The topological polar surface area (TPSA) is 71.8 Å². The van der Waals surface area contributed by atoms with Crippen molar-refractivity contribution in [3.63, 3.8) is 0 Å². The maximum Gasteiger partial charge on any atom is 0.387 e. The van der Waals surface area contributed by atoms with Gasteiger partial charge in [-0.15, -0.1) is 0 Å². The second-order valence-corrected chi connectivity index (χ2v) is 6.50. The van der Waals surface area contributed by atoms with Gasteiger partial charge in [0.2, 0.25) is 5.91 Å². The first-order valence-corrected chi connectivity index (χ1v) is 8.68. The van der Waals surface area contributed by atoms with Crippen molar-refractivity contribution < 1.29 is 27.5 Å². The van der Waals surface area contributed by atoms with E-state index in [1.165, 1.54) is 30.7 Å². The number of rotatable bonds is 5. The van der Waals surface area contributed by atoms with E-state index in [2.05, 4.69) is 10.1 Å². The molecule has 0 spiro atoms. The quantitative estimate of drug-likeness (QED) is 0.825. The summed E-state index contributed by atoms with van der Waals surface area (Å²) in [6.45, 7) is -2.05. The minimum atomic E-state index is -2.97. The number of benzene rings is 1. The summed E-state index contributed by atoms with van der Waals surface area (Å²) in [6.07, 6.45) is 3.88. The lowest BCUT2D eigenvalue weighted by atomic mass is 9.95. The molecule has 144 valence electrons. The number of likely N-dealkylation sites (tertiary alicyclic amines) is 1. The van der Waals surface area contributed by atoms with Crippen molar-refractivity contribution in [1.82, 2.24) is 4.90 Å². The molecule has 1 N–H and O–H groups in total. The molecule has 9 heteroatoms. The largest absolute Gasteiger partial charge is 0.472 e. The fraction of sp³-hybridized carbons (Fsp3) is 0.333. The maximum atomic E-state index is 12.4. The summed E-state index contributed by atoms with van der Waals surface area (Å²) < 4.78 is 33.7. The zero-order valence-corrected chi connectivity index (χ0v) is 14.9. The zero-order valence-electron chi connectivity index (χ0n) is 14.2. The average molecular weight is 399 g/mol. The molecular formula is C18H17ClF2N2O4.